The molecule has 22 heavy (non-hydrogen) atoms. The van der Waals surface area contributed by atoms with Crippen molar-refractivity contribution in [3.05, 3.63) is 23.9 Å². The molecular formula is C17H26N4O. The first-order valence-corrected chi connectivity index (χ1v) is 8.36. The van der Waals surface area contributed by atoms with Crippen LogP contribution in [0.1, 0.15) is 37.0 Å². The minimum Gasteiger partial charge on any atom is -0.367 e. The third kappa shape index (κ3) is 3.24. The highest BCUT2D eigenvalue weighted by molar-refractivity contribution is 5.98. The van der Waals surface area contributed by atoms with Crippen LogP contribution in [0.3, 0.4) is 0 Å². The lowest BCUT2D eigenvalue weighted by molar-refractivity contribution is 0.0759. The number of nitrogens with one attached hydrogen (secondary N) is 2. The Kier molecular flexibility index (Phi) is 4.62. The molecule has 5 nitrogen and oxygen atoms in total. The lowest BCUT2D eigenvalue weighted by Gasteiger charge is -2.22. The summed E-state index contributed by atoms with van der Waals surface area (Å²) >= 11 is 0. The number of fused-ring (bicyclic) bond motifs is 1. The Morgan fingerprint density at radius 3 is 2.64 bits per heavy atom. The van der Waals surface area contributed by atoms with Crippen LogP contribution in [0, 0.1) is 11.8 Å². The number of rotatable bonds is 3. The zero-order valence-electron chi connectivity index (χ0n) is 13.5. The number of aromatic nitrogens is 1. The van der Waals surface area contributed by atoms with Crippen LogP contribution in [-0.4, -0.2) is 48.0 Å². The molecule has 5 heteroatoms. The van der Waals surface area contributed by atoms with Gasteiger partial charge in [0.25, 0.3) is 5.91 Å². The van der Waals surface area contributed by atoms with Crippen molar-refractivity contribution >= 4 is 11.7 Å². The molecule has 120 valence electrons. The maximum absolute atomic E-state index is 12.9. The normalized spacial score (nSPS) is 25.0. The number of pyridine rings is 1. The fourth-order valence-corrected chi connectivity index (χ4v) is 3.56. The van der Waals surface area contributed by atoms with Gasteiger partial charge in [-0.05, 0) is 63.7 Å². The van der Waals surface area contributed by atoms with E-state index in [9.17, 15) is 4.79 Å². The number of likely N-dealkylation sites (tertiary alicyclic amines) is 1. The molecule has 0 bridgehead atoms. The second kappa shape index (κ2) is 6.65. The Morgan fingerprint density at radius 2 is 2.00 bits per heavy atom. The van der Waals surface area contributed by atoms with Gasteiger partial charge in [-0.1, -0.05) is 0 Å². The van der Waals surface area contributed by atoms with Crippen molar-refractivity contribution < 1.29 is 4.79 Å². The molecule has 0 radical (unpaired) electrons. The van der Waals surface area contributed by atoms with Crippen molar-refractivity contribution in [3.8, 4) is 0 Å². The van der Waals surface area contributed by atoms with Crippen LogP contribution in [0.25, 0.3) is 0 Å². The van der Waals surface area contributed by atoms with Crippen LogP contribution >= 0.6 is 0 Å². The first-order valence-electron chi connectivity index (χ1n) is 8.36. The summed E-state index contributed by atoms with van der Waals surface area (Å²) in [7, 11) is 0. The minimum atomic E-state index is 0.115. The molecule has 3 heterocycles. The van der Waals surface area contributed by atoms with E-state index < -0.39 is 0 Å². The Morgan fingerprint density at radius 1 is 1.32 bits per heavy atom. The summed E-state index contributed by atoms with van der Waals surface area (Å²) in [4.78, 5) is 19.3. The van der Waals surface area contributed by atoms with E-state index in [4.69, 9.17) is 0 Å². The first kappa shape index (κ1) is 15.3. The van der Waals surface area contributed by atoms with Crippen molar-refractivity contribution in [3.63, 3.8) is 0 Å². The number of hydrogen-bond acceptors (Lipinski definition) is 4. The summed E-state index contributed by atoms with van der Waals surface area (Å²) in [5, 5.41) is 6.76. The molecule has 2 atom stereocenters. The fourth-order valence-electron chi connectivity index (χ4n) is 3.56. The van der Waals surface area contributed by atoms with Crippen LogP contribution < -0.4 is 10.6 Å². The maximum atomic E-state index is 12.9. The molecule has 3 rings (SSSR count). The van der Waals surface area contributed by atoms with Gasteiger partial charge in [0, 0.05) is 25.3 Å². The molecule has 2 aliphatic heterocycles. The smallest absolute Gasteiger partial charge is 0.257 e. The number of carbonyl (C=O) groups is 1. The number of anilines is 1. The van der Waals surface area contributed by atoms with Crippen molar-refractivity contribution in [1.29, 1.82) is 0 Å². The van der Waals surface area contributed by atoms with E-state index in [1.165, 1.54) is 0 Å². The molecule has 0 spiro atoms. The number of hydrogen-bond donors (Lipinski definition) is 2. The Hall–Kier alpha value is -1.62. The highest BCUT2D eigenvalue weighted by Crippen LogP contribution is 2.28. The van der Waals surface area contributed by atoms with E-state index in [1.807, 2.05) is 17.0 Å². The molecule has 0 saturated carbocycles. The summed E-state index contributed by atoms with van der Waals surface area (Å²) in [6.45, 7) is 8.06. The van der Waals surface area contributed by atoms with Crippen molar-refractivity contribution in [2.75, 3.05) is 31.5 Å². The second-order valence-corrected chi connectivity index (χ2v) is 6.75. The summed E-state index contributed by atoms with van der Waals surface area (Å²) in [6, 6.07) is 3.98. The largest absolute Gasteiger partial charge is 0.367 e. The maximum Gasteiger partial charge on any atom is 0.257 e. The quantitative estimate of drug-likeness (QED) is 0.896. The summed E-state index contributed by atoms with van der Waals surface area (Å²) in [6.07, 6.45) is 3.95. The zero-order valence-corrected chi connectivity index (χ0v) is 13.5. The van der Waals surface area contributed by atoms with Gasteiger partial charge in [0.15, 0.2) is 0 Å². The third-order valence-corrected chi connectivity index (χ3v) is 4.77. The van der Waals surface area contributed by atoms with Crippen LogP contribution in [0.2, 0.25) is 0 Å². The molecule has 2 fully saturated rings. The second-order valence-electron chi connectivity index (χ2n) is 6.75. The fraction of sp³-hybridized carbons (Fsp3) is 0.647. The van der Waals surface area contributed by atoms with Crippen LogP contribution in [0.4, 0.5) is 5.82 Å². The number of nitrogens with zero attached hydrogens (tertiary/aromatic N) is 2. The Bertz CT molecular complexity index is 517. The van der Waals surface area contributed by atoms with Gasteiger partial charge in [-0.25, -0.2) is 4.98 Å². The molecular weight excluding hydrogens is 276 g/mol. The van der Waals surface area contributed by atoms with Crippen LogP contribution in [0.15, 0.2) is 18.3 Å². The van der Waals surface area contributed by atoms with Crippen LogP contribution in [0.5, 0.6) is 0 Å². The Labute approximate surface area is 132 Å². The molecule has 0 aliphatic carbocycles. The highest BCUT2D eigenvalue weighted by atomic mass is 16.2. The van der Waals surface area contributed by atoms with Gasteiger partial charge in [0.1, 0.15) is 5.82 Å². The monoisotopic (exact) mass is 302 g/mol. The van der Waals surface area contributed by atoms with E-state index in [1.54, 1.807) is 6.20 Å². The average molecular weight is 302 g/mol. The molecule has 0 unspecified atom stereocenters. The lowest BCUT2D eigenvalue weighted by atomic mass is 9.92. The van der Waals surface area contributed by atoms with Crippen molar-refractivity contribution in [2.24, 2.45) is 11.8 Å². The van der Waals surface area contributed by atoms with Gasteiger partial charge in [-0.2, -0.15) is 0 Å². The van der Waals surface area contributed by atoms with E-state index in [2.05, 4.69) is 29.5 Å². The van der Waals surface area contributed by atoms with Crippen molar-refractivity contribution in [1.82, 2.24) is 15.2 Å². The van der Waals surface area contributed by atoms with E-state index in [-0.39, 0.29) is 11.9 Å². The molecule has 2 aliphatic rings. The van der Waals surface area contributed by atoms with Gasteiger partial charge >= 0.3 is 0 Å². The van der Waals surface area contributed by atoms with E-state index in [0.29, 0.717) is 11.4 Å². The number of carbonyl (C=O) groups excluding carboxylic acids is 1. The summed E-state index contributed by atoms with van der Waals surface area (Å²) in [5.74, 6) is 2.29. The molecule has 2 N–H and O–H groups in total. The standard InChI is InChI=1S/C17H26N4O/c1-12(2)20-16-15(4-3-7-19-16)17(22)21-8-5-13-10-18-11-14(13)6-9-21/h3-4,7,12-14,18H,5-6,8-11H2,1-2H3,(H,19,20)/t13-,14+. The SMILES string of the molecule is CC(C)Nc1ncccc1C(=O)N1CC[C@@H]2CNC[C@@H]2CC1. The van der Waals surface area contributed by atoms with Gasteiger partial charge in [-0.3, -0.25) is 4.79 Å². The zero-order chi connectivity index (χ0) is 15.5. The van der Waals surface area contributed by atoms with Gasteiger partial charge in [-0.15, -0.1) is 0 Å². The topological polar surface area (TPSA) is 57.3 Å². The lowest BCUT2D eigenvalue weighted by Crippen LogP contribution is -2.33. The third-order valence-electron chi connectivity index (χ3n) is 4.77. The predicted molar refractivity (Wildman–Crippen MR) is 88.0 cm³/mol. The Balaban J connectivity index is 1.73. The predicted octanol–water partition coefficient (Wildman–Crippen LogP) is 1.97. The molecule has 2 saturated heterocycles. The highest BCUT2D eigenvalue weighted by Gasteiger charge is 2.32. The molecule has 1 aromatic heterocycles. The van der Waals surface area contributed by atoms with Gasteiger partial charge in [0.05, 0.1) is 5.56 Å². The van der Waals surface area contributed by atoms with Crippen molar-refractivity contribution in [2.45, 2.75) is 32.7 Å². The average Bonchev–Trinajstić information content (AvgIpc) is 2.85. The van der Waals surface area contributed by atoms with Crippen LogP contribution in [-0.2, 0) is 0 Å². The van der Waals surface area contributed by atoms with E-state index >= 15 is 0 Å². The van der Waals surface area contributed by atoms with Gasteiger partial charge < -0.3 is 15.5 Å². The summed E-state index contributed by atoms with van der Waals surface area (Å²) < 4.78 is 0. The first-order chi connectivity index (χ1) is 10.6. The molecule has 0 aromatic carbocycles. The molecule has 1 aromatic rings. The minimum absolute atomic E-state index is 0.115. The van der Waals surface area contributed by atoms with Gasteiger partial charge in [0.2, 0.25) is 0 Å². The van der Waals surface area contributed by atoms with E-state index in [0.717, 1.165) is 50.9 Å². The molecule has 1 amide bonds. The summed E-state index contributed by atoms with van der Waals surface area (Å²) in [5.41, 5.74) is 0.696. The number of amides is 1.